The van der Waals surface area contributed by atoms with Gasteiger partial charge in [-0.15, -0.1) is 0 Å². The van der Waals surface area contributed by atoms with E-state index in [9.17, 15) is 19.5 Å². The van der Waals surface area contributed by atoms with Crippen molar-refractivity contribution in [2.24, 2.45) is 0 Å². The highest BCUT2D eigenvalue weighted by Crippen LogP contribution is 2.22. The van der Waals surface area contributed by atoms with E-state index >= 15 is 0 Å². The summed E-state index contributed by atoms with van der Waals surface area (Å²) in [5.74, 6) is -2.41. The molecule has 0 aromatic heterocycles. The summed E-state index contributed by atoms with van der Waals surface area (Å²) < 4.78 is 0. The van der Waals surface area contributed by atoms with Gasteiger partial charge in [0.2, 0.25) is 0 Å². The number of rotatable bonds is 4. The molecule has 1 aliphatic rings. The SMILES string of the molecule is CCN1CCN(C(C)(CC)C(=O)O)C(=O)C1=O. The molecule has 96 valence electrons. The van der Waals surface area contributed by atoms with Crippen LogP contribution in [0.3, 0.4) is 0 Å². The van der Waals surface area contributed by atoms with E-state index in [1.165, 1.54) is 16.7 Å². The van der Waals surface area contributed by atoms with Gasteiger partial charge in [0.25, 0.3) is 0 Å². The number of hydrogen-bond acceptors (Lipinski definition) is 3. The lowest BCUT2D eigenvalue weighted by molar-refractivity contribution is -0.168. The lowest BCUT2D eigenvalue weighted by Crippen LogP contribution is -2.63. The predicted molar refractivity (Wildman–Crippen MR) is 60.3 cm³/mol. The van der Waals surface area contributed by atoms with Gasteiger partial charge in [-0.2, -0.15) is 0 Å². The summed E-state index contributed by atoms with van der Waals surface area (Å²) in [5, 5.41) is 9.19. The van der Waals surface area contributed by atoms with Crippen molar-refractivity contribution in [3.05, 3.63) is 0 Å². The molecule has 1 rings (SSSR count). The van der Waals surface area contributed by atoms with Gasteiger partial charge in [0.15, 0.2) is 0 Å². The summed E-state index contributed by atoms with van der Waals surface area (Å²) in [6.07, 6.45) is 0.271. The van der Waals surface area contributed by atoms with Gasteiger partial charge in [-0.1, -0.05) is 6.92 Å². The molecule has 1 aliphatic heterocycles. The maximum Gasteiger partial charge on any atom is 0.329 e. The summed E-state index contributed by atoms with van der Waals surface area (Å²) >= 11 is 0. The summed E-state index contributed by atoms with van der Waals surface area (Å²) in [6.45, 7) is 6.09. The molecular weight excluding hydrogens is 224 g/mol. The van der Waals surface area contributed by atoms with E-state index in [1.54, 1.807) is 13.8 Å². The molecule has 0 saturated carbocycles. The zero-order chi connectivity index (χ0) is 13.2. The van der Waals surface area contributed by atoms with Crippen LogP contribution in [0.5, 0.6) is 0 Å². The van der Waals surface area contributed by atoms with Crippen molar-refractivity contribution in [2.45, 2.75) is 32.7 Å². The first-order valence-corrected chi connectivity index (χ1v) is 5.72. The predicted octanol–water partition coefficient (Wildman–Crippen LogP) is -0.0696. The van der Waals surface area contributed by atoms with E-state index in [0.717, 1.165) is 0 Å². The third-order valence-corrected chi connectivity index (χ3v) is 3.44. The number of nitrogens with zero attached hydrogens (tertiary/aromatic N) is 2. The van der Waals surface area contributed by atoms with E-state index in [1.807, 2.05) is 0 Å². The van der Waals surface area contributed by atoms with Gasteiger partial charge < -0.3 is 14.9 Å². The van der Waals surface area contributed by atoms with Gasteiger partial charge in [-0.25, -0.2) is 4.79 Å². The fraction of sp³-hybridized carbons (Fsp3) is 0.727. The summed E-state index contributed by atoms with van der Waals surface area (Å²) in [6, 6.07) is 0. The van der Waals surface area contributed by atoms with E-state index in [-0.39, 0.29) is 13.0 Å². The highest BCUT2D eigenvalue weighted by Gasteiger charge is 2.45. The van der Waals surface area contributed by atoms with Crippen molar-refractivity contribution in [1.29, 1.82) is 0 Å². The van der Waals surface area contributed by atoms with Crippen molar-refractivity contribution >= 4 is 17.8 Å². The maximum absolute atomic E-state index is 11.9. The van der Waals surface area contributed by atoms with Crippen LogP contribution < -0.4 is 0 Å². The smallest absolute Gasteiger partial charge is 0.329 e. The van der Waals surface area contributed by atoms with E-state index < -0.39 is 23.3 Å². The largest absolute Gasteiger partial charge is 0.480 e. The van der Waals surface area contributed by atoms with Crippen LogP contribution in [0.25, 0.3) is 0 Å². The molecule has 1 N–H and O–H groups in total. The number of carboxylic acid groups (broad SMARTS) is 1. The van der Waals surface area contributed by atoms with Gasteiger partial charge in [-0.05, 0) is 20.3 Å². The van der Waals surface area contributed by atoms with Crippen LogP contribution in [-0.4, -0.2) is 57.9 Å². The average Bonchev–Trinajstić information content (AvgIpc) is 2.31. The number of carbonyl (C=O) groups is 3. The molecule has 0 aromatic carbocycles. The first-order valence-electron chi connectivity index (χ1n) is 5.72. The molecule has 6 nitrogen and oxygen atoms in total. The van der Waals surface area contributed by atoms with E-state index in [2.05, 4.69) is 0 Å². The Morgan fingerprint density at radius 3 is 2.29 bits per heavy atom. The third kappa shape index (κ3) is 2.11. The lowest BCUT2D eigenvalue weighted by Gasteiger charge is -2.41. The van der Waals surface area contributed by atoms with Crippen molar-refractivity contribution in [1.82, 2.24) is 9.80 Å². The normalized spacial score (nSPS) is 20.4. The Morgan fingerprint density at radius 1 is 1.29 bits per heavy atom. The van der Waals surface area contributed by atoms with Crippen LogP contribution in [0.2, 0.25) is 0 Å². The van der Waals surface area contributed by atoms with Crippen LogP contribution >= 0.6 is 0 Å². The molecule has 17 heavy (non-hydrogen) atoms. The van der Waals surface area contributed by atoms with Crippen LogP contribution in [0, 0.1) is 0 Å². The van der Waals surface area contributed by atoms with Crippen molar-refractivity contribution in [3.8, 4) is 0 Å². The van der Waals surface area contributed by atoms with Gasteiger partial charge >= 0.3 is 17.8 Å². The minimum atomic E-state index is -1.30. The Labute approximate surface area is 100 Å². The molecule has 1 atom stereocenters. The quantitative estimate of drug-likeness (QED) is 0.700. The molecule has 2 amide bonds. The number of carbonyl (C=O) groups excluding carboxylic acids is 2. The van der Waals surface area contributed by atoms with Crippen LogP contribution in [0.15, 0.2) is 0 Å². The molecule has 0 aliphatic carbocycles. The molecule has 1 saturated heterocycles. The Balaban J connectivity index is 2.98. The standard InChI is InChI=1S/C11H18N2O4/c1-4-11(3,10(16)17)13-7-6-12(5-2)8(14)9(13)15/h4-7H2,1-3H3,(H,16,17). The molecule has 6 heteroatoms. The van der Waals surface area contributed by atoms with E-state index in [0.29, 0.717) is 13.1 Å². The zero-order valence-electron chi connectivity index (χ0n) is 10.4. The van der Waals surface area contributed by atoms with E-state index in [4.69, 9.17) is 0 Å². The van der Waals surface area contributed by atoms with Crippen LogP contribution in [-0.2, 0) is 14.4 Å². The first-order chi connectivity index (χ1) is 7.88. The molecular formula is C11H18N2O4. The Bertz CT molecular complexity index is 355. The monoisotopic (exact) mass is 242 g/mol. The van der Waals surface area contributed by atoms with Gasteiger partial charge in [0.05, 0.1) is 0 Å². The van der Waals surface area contributed by atoms with Crippen molar-refractivity contribution < 1.29 is 19.5 Å². The van der Waals surface area contributed by atoms with Crippen molar-refractivity contribution in [2.75, 3.05) is 19.6 Å². The third-order valence-electron chi connectivity index (χ3n) is 3.44. The molecule has 1 heterocycles. The second-order valence-electron chi connectivity index (χ2n) is 4.27. The summed E-state index contributed by atoms with van der Waals surface area (Å²) in [7, 11) is 0. The highest BCUT2D eigenvalue weighted by atomic mass is 16.4. The van der Waals surface area contributed by atoms with Gasteiger partial charge in [-0.3, -0.25) is 9.59 Å². The minimum absolute atomic E-state index is 0.271. The molecule has 0 bridgehead atoms. The second-order valence-corrected chi connectivity index (χ2v) is 4.27. The number of piperazine rings is 1. The van der Waals surface area contributed by atoms with Crippen LogP contribution in [0.1, 0.15) is 27.2 Å². The summed E-state index contributed by atoms with van der Waals surface area (Å²) in [4.78, 5) is 37.4. The fourth-order valence-corrected chi connectivity index (χ4v) is 1.90. The minimum Gasteiger partial charge on any atom is -0.480 e. The molecule has 0 aromatic rings. The Hall–Kier alpha value is -1.59. The second kappa shape index (κ2) is 4.73. The number of amides is 2. The summed E-state index contributed by atoms with van der Waals surface area (Å²) in [5.41, 5.74) is -1.30. The topological polar surface area (TPSA) is 77.9 Å². The molecule has 1 fully saturated rings. The van der Waals surface area contributed by atoms with Gasteiger partial charge in [0, 0.05) is 19.6 Å². The Morgan fingerprint density at radius 2 is 1.88 bits per heavy atom. The molecule has 0 radical (unpaired) electrons. The zero-order valence-corrected chi connectivity index (χ0v) is 10.4. The number of likely N-dealkylation sites (N-methyl/N-ethyl adjacent to an activating group) is 1. The first kappa shape index (κ1) is 13.5. The average molecular weight is 242 g/mol. The number of aliphatic carboxylic acids is 1. The maximum atomic E-state index is 11.9. The number of carboxylic acids is 1. The lowest BCUT2D eigenvalue weighted by atomic mass is 9.95. The fourth-order valence-electron chi connectivity index (χ4n) is 1.90. The van der Waals surface area contributed by atoms with Crippen molar-refractivity contribution in [3.63, 3.8) is 0 Å². The molecule has 1 unspecified atom stereocenters. The Kier molecular flexibility index (Phi) is 3.75. The van der Waals surface area contributed by atoms with Gasteiger partial charge in [0.1, 0.15) is 5.54 Å². The number of hydrogen-bond donors (Lipinski definition) is 1. The highest BCUT2D eigenvalue weighted by molar-refractivity contribution is 6.36. The van der Waals surface area contributed by atoms with Crippen LogP contribution in [0.4, 0.5) is 0 Å². The molecule has 0 spiro atoms.